The van der Waals surface area contributed by atoms with E-state index in [9.17, 15) is 0 Å². The Bertz CT molecular complexity index is 702. The fraction of sp³-hybridized carbons (Fsp3) is 0.278. The molecule has 2 aromatic rings. The summed E-state index contributed by atoms with van der Waals surface area (Å²) in [6.45, 7) is 8.40. The van der Waals surface area contributed by atoms with Crippen molar-refractivity contribution in [2.24, 2.45) is 0 Å². The molecule has 0 saturated carbocycles. The summed E-state index contributed by atoms with van der Waals surface area (Å²) in [7, 11) is 0. The SMILES string of the molecule is C=Cc1nccc2c1C(CC)(CC)Nc1cc(Br)ccc1-2. The lowest BCUT2D eigenvalue weighted by atomic mass is 9.76. The number of halogens is 1. The second-order valence-corrected chi connectivity index (χ2v) is 6.34. The van der Waals surface area contributed by atoms with Crippen LogP contribution in [0.3, 0.4) is 0 Å². The van der Waals surface area contributed by atoms with Crippen molar-refractivity contribution in [2.45, 2.75) is 32.2 Å². The average Bonchev–Trinajstić information content (AvgIpc) is 2.53. The molecule has 1 aromatic heterocycles. The van der Waals surface area contributed by atoms with E-state index >= 15 is 0 Å². The van der Waals surface area contributed by atoms with Crippen LogP contribution in [0.2, 0.25) is 0 Å². The largest absolute Gasteiger partial charge is 0.375 e. The number of hydrogen-bond acceptors (Lipinski definition) is 2. The Kier molecular flexibility index (Phi) is 3.62. The third-order valence-corrected chi connectivity index (χ3v) is 5.00. The van der Waals surface area contributed by atoms with Crippen LogP contribution in [0.5, 0.6) is 0 Å². The molecule has 0 fully saturated rings. The summed E-state index contributed by atoms with van der Waals surface area (Å²) in [5.74, 6) is 0. The summed E-state index contributed by atoms with van der Waals surface area (Å²) in [5, 5.41) is 3.76. The molecule has 0 spiro atoms. The highest BCUT2D eigenvalue weighted by atomic mass is 79.9. The van der Waals surface area contributed by atoms with Crippen LogP contribution in [0, 0.1) is 0 Å². The van der Waals surface area contributed by atoms with Crippen molar-refractivity contribution in [2.75, 3.05) is 5.32 Å². The fourth-order valence-electron chi connectivity index (χ4n) is 3.32. The predicted octanol–water partition coefficient (Wildman–Crippen LogP) is 5.59. The topological polar surface area (TPSA) is 24.9 Å². The van der Waals surface area contributed by atoms with E-state index in [1.807, 2.05) is 12.3 Å². The van der Waals surface area contributed by atoms with Gasteiger partial charge < -0.3 is 5.32 Å². The van der Waals surface area contributed by atoms with E-state index in [1.54, 1.807) is 0 Å². The first-order chi connectivity index (χ1) is 10.1. The van der Waals surface area contributed by atoms with Crippen LogP contribution < -0.4 is 5.32 Å². The minimum absolute atomic E-state index is 0.0824. The first kappa shape index (κ1) is 14.3. The zero-order valence-corrected chi connectivity index (χ0v) is 14.0. The summed E-state index contributed by atoms with van der Waals surface area (Å²) in [4.78, 5) is 4.52. The Labute approximate surface area is 134 Å². The van der Waals surface area contributed by atoms with Gasteiger partial charge in [0, 0.05) is 27.5 Å². The van der Waals surface area contributed by atoms with Gasteiger partial charge in [0.1, 0.15) is 0 Å². The number of nitrogens with one attached hydrogen (secondary N) is 1. The molecule has 1 aliphatic rings. The van der Waals surface area contributed by atoms with Gasteiger partial charge in [-0.3, -0.25) is 4.98 Å². The zero-order valence-electron chi connectivity index (χ0n) is 12.4. The molecule has 21 heavy (non-hydrogen) atoms. The smallest absolute Gasteiger partial charge is 0.0685 e. The van der Waals surface area contributed by atoms with Gasteiger partial charge in [-0.15, -0.1) is 0 Å². The average molecular weight is 343 g/mol. The predicted molar refractivity (Wildman–Crippen MR) is 93.3 cm³/mol. The molecule has 2 nitrogen and oxygen atoms in total. The molecule has 0 radical (unpaired) electrons. The maximum absolute atomic E-state index is 4.52. The molecule has 0 amide bonds. The van der Waals surface area contributed by atoms with Crippen LogP contribution in [0.4, 0.5) is 5.69 Å². The van der Waals surface area contributed by atoms with Gasteiger partial charge in [-0.25, -0.2) is 0 Å². The first-order valence-corrected chi connectivity index (χ1v) is 8.14. The Balaban J connectivity index is 2.37. The highest BCUT2D eigenvalue weighted by Crippen LogP contribution is 2.48. The second-order valence-electron chi connectivity index (χ2n) is 5.43. The molecule has 3 heteroatoms. The number of hydrogen-bond donors (Lipinski definition) is 1. The minimum atomic E-state index is -0.0824. The van der Waals surface area contributed by atoms with Crippen molar-refractivity contribution < 1.29 is 0 Å². The van der Waals surface area contributed by atoms with E-state index < -0.39 is 0 Å². The summed E-state index contributed by atoms with van der Waals surface area (Å²) < 4.78 is 1.09. The van der Waals surface area contributed by atoms with Gasteiger partial charge in [0.2, 0.25) is 0 Å². The maximum atomic E-state index is 4.52. The van der Waals surface area contributed by atoms with Crippen LogP contribution in [-0.4, -0.2) is 4.98 Å². The standard InChI is InChI=1S/C18H19BrN2/c1-4-15-17-14(9-10-20-15)13-8-7-12(19)11-16(13)21-18(17,5-2)6-3/h4,7-11,21H,1,5-6H2,2-3H3. The Hall–Kier alpha value is -1.61. The molecule has 0 unspecified atom stereocenters. The van der Waals surface area contributed by atoms with E-state index in [4.69, 9.17) is 0 Å². The number of anilines is 1. The van der Waals surface area contributed by atoms with Crippen molar-refractivity contribution in [3.05, 3.63) is 52.8 Å². The second kappa shape index (κ2) is 5.30. The summed E-state index contributed by atoms with van der Waals surface area (Å²) >= 11 is 3.57. The van der Waals surface area contributed by atoms with E-state index in [2.05, 4.69) is 70.9 Å². The monoisotopic (exact) mass is 342 g/mol. The van der Waals surface area contributed by atoms with Gasteiger partial charge in [0.15, 0.2) is 0 Å². The third kappa shape index (κ3) is 2.11. The number of benzene rings is 1. The lowest BCUT2D eigenvalue weighted by Gasteiger charge is -2.41. The van der Waals surface area contributed by atoms with E-state index in [0.717, 1.165) is 23.0 Å². The number of nitrogens with zero attached hydrogens (tertiary/aromatic N) is 1. The number of rotatable bonds is 3. The Morgan fingerprint density at radius 1 is 1.24 bits per heavy atom. The van der Waals surface area contributed by atoms with E-state index in [1.165, 1.54) is 22.4 Å². The van der Waals surface area contributed by atoms with Crippen molar-refractivity contribution in [3.8, 4) is 11.1 Å². The van der Waals surface area contributed by atoms with Crippen LogP contribution in [0.1, 0.15) is 37.9 Å². The molecular formula is C18H19BrN2. The normalized spacial score (nSPS) is 14.8. The van der Waals surface area contributed by atoms with Crippen LogP contribution >= 0.6 is 15.9 Å². The Morgan fingerprint density at radius 3 is 2.67 bits per heavy atom. The fourth-order valence-corrected chi connectivity index (χ4v) is 3.68. The number of pyridine rings is 1. The lowest BCUT2D eigenvalue weighted by Crippen LogP contribution is -2.38. The number of aromatic nitrogens is 1. The molecule has 1 aliphatic heterocycles. The molecule has 1 N–H and O–H groups in total. The summed E-state index contributed by atoms with van der Waals surface area (Å²) in [5.41, 5.74) is 5.86. The van der Waals surface area contributed by atoms with Crippen molar-refractivity contribution in [1.29, 1.82) is 0 Å². The van der Waals surface area contributed by atoms with Gasteiger partial charge in [0.05, 0.1) is 11.2 Å². The van der Waals surface area contributed by atoms with Gasteiger partial charge >= 0.3 is 0 Å². The van der Waals surface area contributed by atoms with E-state index in [0.29, 0.717) is 0 Å². The molecule has 0 bridgehead atoms. The molecule has 0 saturated heterocycles. The molecule has 0 atom stereocenters. The molecule has 2 heterocycles. The van der Waals surface area contributed by atoms with Crippen LogP contribution in [0.15, 0.2) is 41.5 Å². The quantitative estimate of drug-likeness (QED) is 0.785. The zero-order chi connectivity index (χ0) is 15.0. The molecule has 1 aromatic carbocycles. The molecule has 108 valence electrons. The minimum Gasteiger partial charge on any atom is -0.375 e. The highest BCUT2D eigenvalue weighted by Gasteiger charge is 2.37. The van der Waals surface area contributed by atoms with Gasteiger partial charge in [-0.2, -0.15) is 0 Å². The third-order valence-electron chi connectivity index (χ3n) is 4.51. The highest BCUT2D eigenvalue weighted by molar-refractivity contribution is 9.10. The molecule has 3 rings (SSSR count). The van der Waals surface area contributed by atoms with Gasteiger partial charge in [-0.1, -0.05) is 42.4 Å². The van der Waals surface area contributed by atoms with Gasteiger partial charge in [0.25, 0.3) is 0 Å². The molecule has 0 aliphatic carbocycles. The van der Waals surface area contributed by atoms with Gasteiger partial charge in [-0.05, 0) is 42.7 Å². The van der Waals surface area contributed by atoms with Crippen LogP contribution in [-0.2, 0) is 5.54 Å². The van der Waals surface area contributed by atoms with Crippen molar-refractivity contribution in [3.63, 3.8) is 0 Å². The number of fused-ring (bicyclic) bond motifs is 3. The summed E-state index contributed by atoms with van der Waals surface area (Å²) in [6.07, 6.45) is 5.76. The maximum Gasteiger partial charge on any atom is 0.0685 e. The molecular weight excluding hydrogens is 324 g/mol. The summed E-state index contributed by atoms with van der Waals surface area (Å²) in [6, 6.07) is 8.53. The van der Waals surface area contributed by atoms with Crippen molar-refractivity contribution >= 4 is 27.7 Å². The first-order valence-electron chi connectivity index (χ1n) is 7.35. The Morgan fingerprint density at radius 2 is 2.00 bits per heavy atom. The van der Waals surface area contributed by atoms with E-state index in [-0.39, 0.29) is 5.54 Å². The van der Waals surface area contributed by atoms with Crippen LogP contribution in [0.25, 0.3) is 17.2 Å². The lowest BCUT2D eigenvalue weighted by molar-refractivity contribution is 0.450. The van der Waals surface area contributed by atoms with Crippen molar-refractivity contribution in [1.82, 2.24) is 4.98 Å².